The van der Waals surface area contributed by atoms with Gasteiger partial charge >= 0.3 is 46.6 Å². The van der Waals surface area contributed by atoms with Crippen LogP contribution in [0.2, 0.25) is 51.4 Å². The zero-order chi connectivity index (χ0) is 37.8. The molecular weight excluding hydrogens is 774 g/mol. The van der Waals surface area contributed by atoms with E-state index in [2.05, 4.69) is 0 Å². The van der Waals surface area contributed by atoms with E-state index in [1.807, 2.05) is 0 Å². The van der Waals surface area contributed by atoms with Gasteiger partial charge in [0.25, 0.3) is 16.6 Å². The van der Waals surface area contributed by atoms with Crippen molar-refractivity contribution in [2.75, 3.05) is 0 Å². The highest BCUT2D eigenvalue weighted by Crippen LogP contribution is 2.58. The Balaban J connectivity index is 6.96. The second-order valence-corrected chi connectivity index (χ2v) is 28.9. The fourth-order valence-electron chi connectivity index (χ4n) is 3.70. The zero-order valence-corrected chi connectivity index (χ0v) is 30.5. The van der Waals surface area contributed by atoms with Crippen LogP contribution in [0.3, 0.4) is 0 Å². The summed E-state index contributed by atoms with van der Waals surface area (Å²) in [5.74, 6) is -44.0. The summed E-state index contributed by atoms with van der Waals surface area (Å²) in [5.41, 5.74) is -12.7. The molecule has 0 aliphatic heterocycles. The van der Waals surface area contributed by atoms with Crippen LogP contribution in [0.4, 0.5) is 79.0 Å². The highest BCUT2D eigenvalue weighted by molar-refractivity contribution is 7.19. The first-order valence-electron chi connectivity index (χ1n) is 13.0. The molecule has 0 amide bonds. The molecule has 46 heavy (non-hydrogen) atoms. The molecule has 2 nitrogen and oxygen atoms in total. The van der Waals surface area contributed by atoms with Crippen LogP contribution in [-0.2, 0) is 8.85 Å². The molecular formula is C21H33ClF18O2Si4. The van der Waals surface area contributed by atoms with E-state index in [0.29, 0.717) is 0 Å². The van der Waals surface area contributed by atoms with Gasteiger partial charge in [-0.05, 0) is 46.1 Å². The Bertz CT molecular complexity index is 965. The SMILES string of the molecule is CC(F)C(F)(F)C(F)(F)C(F)(F)C(F)(F)[Si](C)(C)OC(O[Si](C)(C)C(F)(F)C(F)(F)C(F)(F)C(F)(F)C(C)F)[SiH2]CC[Si](C)(C)Cl. The van der Waals surface area contributed by atoms with Gasteiger partial charge in [0.15, 0.2) is 12.3 Å². The third-order valence-corrected chi connectivity index (χ3v) is 17.4. The Morgan fingerprint density at radius 3 is 1.02 bits per heavy atom. The maximum atomic E-state index is 15.1. The molecule has 0 radical (unpaired) electrons. The van der Waals surface area contributed by atoms with Gasteiger partial charge < -0.3 is 8.85 Å². The standard InChI is InChI=1S/C21H33ClF18O2Si4/c1-11(23)14(25,26)16(29,30)18(33,34)20(37,38)45(5,6)41-13(43-9-10-44(3,4)22)42-46(7,8)21(39,40)19(35,36)17(31,32)15(27,28)12(2)24/h11-13H,9-10,43H2,1-8H3. The lowest BCUT2D eigenvalue weighted by Gasteiger charge is -2.46. The summed E-state index contributed by atoms with van der Waals surface area (Å²) in [7, 11) is -17.5. The van der Waals surface area contributed by atoms with Crippen LogP contribution in [0.1, 0.15) is 13.8 Å². The lowest BCUT2D eigenvalue weighted by molar-refractivity contribution is -0.362. The van der Waals surface area contributed by atoms with Crippen LogP contribution in [-0.4, -0.2) is 98.4 Å². The van der Waals surface area contributed by atoms with Crippen molar-refractivity contribution >= 4 is 44.6 Å². The second-order valence-electron chi connectivity index (χ2n) is 12.2. The smallest absolute Gasteiger partial charge is 0.380 e. The van der Waals surface area contributed by atoms with E-state index in [0.717, 1.165) is 0 Å². The highest BCUT2D eigenvalue weighted by Gasteiger charge is 2.87. The summed E-state index contributed by atoms with van der Waals surface area (Å²) in [5, 5.41) is 0. The summed E-state index contributed by atoms with van der Waals surface area (Å²) in [4.78, 5) is 0. The van der Waals surface area contributed by atoms with Crippen LogP contribution in [0.15, 0.2) is 0 Å². The Labute approximate surface area is 262 Å². The molecule has 0 fully saturated rings. The zero-order valence-electron chi connectivity index (χ0n) is 25.4. The maximum absolute atomic E-state index is 15.1. The number of hydrogen-bond donors (Lipinski definition) is 0. The van der Waals surface area contributed by atoms with Gasteiger partial charge in [-0.3, -0.25) is 0 Å². The summed E-state index contributed by atoms with van der Waals surface area (Å²) >= 11 is 6.07. The topological polar surface area (TPSA) is 18.5 Å². The quantitative estimate of drug-likeness (QED) is 0.0595. The molecule has 0 aromatic rings. The van der Waals surface area contributed by atoms with Crippen molar-refractivity contribution in [2.45, 2.75) is 130 Å². The van der Waals surface area contributed by atoms with Gasteiger partial charge in [-0.2, -0.15) is 63.8 Å². The minimum absolute atomic E-state index is 0.0162. The fraction of sp³-hybridized carbons (Fsp3) is 1.00. The van der Waals surface area contributed by atoms with Crippen LogP contribution in [0.5, 0.6) is 0 Å². The third kappa shape index (κ3) is 7.90. The van der Waals surface area contributed by atoms with E-state index in [9.17, 15) is 61.5 Å². The van der Waals surface area contributed by atoms with Gasteiger partial charge in [-0.1, -0.05) is 19.1 Å². The molecule has 0 saturated carbocycles. The molecule has 2 unspecified atom stereocenters. The van der Waals surface area contributed by atoms with Crippen molar-refractivity contribution in [3.8, 4) is 0 Å². The first kappa shape index (κ1) is 45.8. The van der Waals surface area contributed by atoms with Gasteiger partial charge in [0.2, 0.25) is 0 Å². The minimum atomic E-state index is -7.11. The predicted molar refractivity (Wildman–Crippen MR) is 143 cm³/mol. The maximum Gasteiger partial charge on any atom is 0.380 e. The van der Waals surface area contributed by atoms with Crippen molar-refractivity contribution < 1.29 is 87.9 Å². The van der Waals surface area contributed by atoms with Crippen LogP contribution >= 0.6 is 11.1 Å². The normalized spacial score (nSPS) is 18.3. The molecule has 0 N–H and O–H groups in total. The first-order chi connectivity index (χ1) is 19.7. The van der Waals surface area contributed by atoms with Gasteiger partial charge in [0.05, 0.1) is 9.52 Å². The largest absolute Gasteiger partial charge is 0.390 e. The monoisotopic (exact) mass is 806 g/mol. The summed E-state index contributed by atoms with van der Waals surface area (Å²) < 4.78 is 266. The molecule has 0 aliphatic rings. The molecule has 0 aromatic heterocycles. The van der Waals surface area contributed by atoms with E-state index in [1.165, 1.54) is 13.1 Å². The molecule has 0 rings (SSSR count). The van der Waals surface area contributed by atoms with Crippen LogP contribution in [0, 0.1) is 0 Å². The van der Waals surface area contributed by atoms with Gasteiger partial charge in [-0.25, -0.2) is 26.3 Å². The fourth-order valence-corrected chi connectivity index (χ4v) is 16.5. The summed E-state index contributed by atoms with van der Waals surface area (Å²) in [6.45, 7) is 2.21. The number of hydrogen-bond acceptors (Lipinski definition) is 2. The van der Waals surface area contributed by atoms with Crippen LogP contribution < -0.4 is 0 Å². The van der Waals surface area contributed by atoms with Crippen molar-refractivity contribution in [2.24, 2.45) is 0 Å². The van der Waals surface area contributed by atoms with E-state index >= 15 is 17.6 Å². The lowest BCUT2D eigenvalue weighted by Crippen LogP contribution is -2.73. The molecule has 278 valence electrons. The Morgan fingerprint density at radius 1 is 0.543 bits per heavy atom. The van der Waals surface area contributed by atoms with Crippen molar-refractivity contribution in [3.63, 3.8) is 0 Å². The molecule has 0 aliphatic carbocycles. The van der Waals surface area contributed by atoms with Crippen LogP contribution in [0.25, 0.3) is 0 Å². The van der Waals surface area contributed by atoms with E-state index in [1.54, 1.807) is 0 Å². The van der Waals surface area contributed by atoms with Crippen molar-refractivity contribution in [1.82, 2.24) is 0 Å². The molecule has 25 heteroatoms. The molecule has 2 atom stereocenters. The molecule has 0 saturated heterocycles. The first-order valence-corrected chi connectivity index (χ1v) is 24.9. The number of halogens is 19. The molecule has 0 bridgehead atoms. The average molecular weight is 807 g/mol. The third-order valence-electron chi connectivity index (χ3n) is 6.99. The van der Waals surface area contributed by atoms with Gasteiger partial charge in [0, 0.05) is 0 Å². The minimum Gasteiger partial charge on any atom is -0.390 e. The van der Waals surface area contributed by atoms with Crippen molar-refractivity contribution in [3.05, 3.63) is 0 Å². The van der Waals surface area contributed by atoms with E-state index in [-0.39, 0.29) is 52.1 Å². The number of rotatable bonds is 18. The average Bonchev–Trinajstić information content (AvgIpc) is 2.81. The predicted octanol–water partition coefficient (Wildman–Crippen LogP) is 9.62. The molecule has 0 spiro atoms. The highest BCUT2D eigenvalue weighted by atomic mass is 35.6. The summed E-state index contributed by atoms with van der Waals surface area (Å²) in [6, 6.07) is -0.363. The van der Waals surface area contributed by atoms with Gasteiger partial charge in [-0.15, -0.1) is 0 Å². The Morgan fingerprint density at radius 2 is 0.804 bits per heavy atom. The second kappa shape index (κ2) is 13.5. The molecule has 0 heterocycles. The number of alkyl halides is 18. The van der Waals surface area contributed by atoms with Gasteiger partial charge in [0.1, 0.15) is 13.3 Å². The van der Waals surface area contributed by atoms with E-state index in [4.69, 9.17) is 19.9 Å². The lowest BCUT2D eigenvalue weighted by atomic mass is 10.0. The van der Waals surface area contributed by atoms with Crippen molar-refractivity contribution in [1.29, 1.82) is 0 Å². The Hall–Kier alpha value is -0.182. The van der Waals surface area contributed by atoms with E-state index < -0.39 is 98.4 Å². The summed E-state index contributed by atoms with van der Waals surface area (Å²) in [6.07, 6.45) is -8.22. The Kier molecular flexibility index (Phi) is 13.5. The molecule has 0 aromatic carbocycles.